The number of nitrogens with zero attached hydrogens (tertiary/aromatic N) is 3. The maximum absolute atomic E-state index is 13.5. The lowest BCUT2D eigenvalue weighted by atomic mass is 9.90. The van der Waals surface area contributed by atoms with Crippen LogP contribution in [0.3, 0.4) is 0 Å². The maximum Gasteiger partial charge on any atom is 0.355 e. The molecule has 0 atom stereocenters. The first-order valence-corrected chi connectivity index (χ1v) is 11.4. The number of carboxylic acid groups (broad SMARTS) is 1. The van der Waals surface area contributed by atoms with Crippen LogP contribution in [0.2, 0.25) is 0 Å². The SMILES string of the molecule is C#CCN.O=C(O)c1csc(-c2c(-c3ccc(F)cc3)nn(C(=O)CO)c2C2CCNCC2)n1. The number of aliphatic hydroxyl groups excluding tert-OH is 1. The van der Waals surface area contributed by atoms with Gasteiger partial charge in [0.05, 0.1) is 17.8 Å². The molecule has 0 spiro atoms. The summed E-state index contributed by atoms with van der Waals surface area (Å²) in [6, 6.07) is 5.68. The van der Waals surface area contributed by atoms with Gasteiger partial charge in [0.2, 0.25) is 0 Å². The topological polar surface area (TPSA) is 143 Å². The van der Waals surface area contributed by atoms with Crippen molar-refractivity contribution in [3.8, 4) is 34.2 Å². The zero-order valence-electron chi connectivity index (χ0n) is 18.2. The fraction of sp³-hybridized carbons (Fsp3) is 0.304. The largest absolute Gasteiger partial charge is 0.476 e. The number of aromatic carboxylic acids is 1. The van der Waals surface area contributed by atoms with E-state index in [9.17, 15) is 24.2 Å². The van der Waals surface area contributed by atoms with Crippen LogP contribution in [0.25, 0.3) is 21.8 Å². The van der Waals surface area contributed by atoms with E-state index in [2.05, 4.69) is 27.7 Å². The summed E-state index contributed by atoms with van der Waals surface area (Å²) < 4.78 is 14.7. The van der Waals surface area contributed by atoms with Gasteiger partial charge in [-0.15, -0.1) is 17.8 Å². The number of aliphatic hydroxyl groups is 1. The van der Waals surface area contributed by atoms with Gasteiger partial charge in [-0.2, -0.15) is 5.10 Å². The average Bonchev–Trinajstić information content (AvgIpc) is 3.50. The monoisotopic (exact) mass is 485 g/mol. The van der Waals surface area contributed by atoms with E-state index in [0.29, 0.717) is 34.1 Å². The molecule has 1 fully saturated rings. The highest BCUT2D eigenvalue weighted by Gasteiger charge is 2.31. The number of carbonyl (C=O) groups excluding carboxylic acids is 1. The van der Waals surface area contributed by atoms with Crippen molar-refractivity contribution in [3.05, 3.63) is 46.9 Å². The summed E-state index contributed by atoms with van der Waals surface area (Å²) >= 11 is 1.14. The van der Waals surface area contributed by atoms with Crippen molar-refractivity contribution in [2.24, 2.45) is 5.73 Å². The number of carbonyl (C=O) groups is 2. The number of hydrogen-bond donors (Lipinski definition) is 4. The highest BCUT2D eigenvalue weighted by molar-refractivity contribution is 7.13. The van der Waals surface area contributed by atoms with Gasteiger partial charge in [-0.1, -0.05) is 5.92 Å². The number of rotatable bonds is 5. The minimum atomic E-state index is -1.15. The van der Waals surface area contributed by atoms with Gasteiger partial charge in [-0.3, -0.25) is 4.79 Å². The molecule has 3 heterocycles. The summed E-state index contributed by atoms with van der Waals surface area (Å²) in [5.41, 5.74) is 6.81. The predicted molar refractivity (Wildman–Crippen MR) is 126 cm³/mol. The molecule has 11 heteroatoms. The number of nitrogens with two attached hydrogens (primary N) is 1. The normalized spacial score (nSPS) is 13.6. The van der Waals surface area contributed by atoms with E-state index < -0.39 is 24.3 Å². The number of aromatic nitrogens is 3. The number of piperidine rings is 1. The minimum Gasteiger partial charge on any atom is -0.476 e. The Labute approximate surface area is 199 Å². The Morgan fingerprint density at radius 3 is 2.47 bits per heavy atom. The van der Waals surface area contributed by atoms with Gasteiger partial charge in [0.25, 0.3) is 5.91 Å². The molecule has 0 aliphatic carbocycles. The molecule has 2 aromatic heterocycles. The van der Waals surface area contributed by atoms with Crippen molar-refractivity contribution in [2.75, 3.05) is 26.2 Å². The fourth-order valence-corrected chi connectivity index (χ4v) is 4.51. The summed E-state index contributed by atoms with van der Waals surface area (Å²) in [6.45, 7) is 1.14. The van der Waals surface area contributed by atoms with Gasteiger partial charge in [0, 0.05) is 16.9 Å². The first kappa shape index (κ1) is 25.2. The van der Waals surface area contributed by atoms with E-state index in [4.69, 9.17) is 5.73 Å². The molecule has 1 aliphatic heterocycles. The summed E-state index contributed by atoms with van der Waals surface area (Å²) in [5.74, 6) is 0.0269. The first-order valence-electron chi connectivity index (χ1n) is 10.5. The van der Waals surface area contributed by atoms with Crippen molar-refractivity contribution in [3.63, 3.8) is 0 Å². The molecule has 3 aromatic rings. The van der Waals surface area contributed by atoms with Crippen LogP contribution in [0.15, 0.2) is 29.6 Å². The molecule has 4 rings (SSSR count). The van der Waals surface area contributed by atoms with Crippen LogP contribution in [0.1, 0.15) is 39.7 Å². The molecule has 34 heavy (non-hydrogen) atoms. The number of halogens is 1. The molecule has 9 nitrogen and oxygen atoms in total. The van der Waals surface area contributed by atoms with Crippen LogP contribution in [-0.2, 0) is 0 Å². The predicted octanol–water partition coefficient (Wildman–Crippen LogP) is 2.19. The number of hydrogen-bond acceptors (Lipinski definition) is 8. The Kier molecular flexibility index (Phi) is 8.61. The van der Waals surface area contributed by atoms with Gasteiger partial charge in [-0.25, -0.2) is 18.9 Å². The van der Waals surface area contributed by atoms with Crippen molar-refractivity contribution in [2.45, 2.75) is 18.8 Å². The zero-order chi connectivity index (χ0) is 24.7. The van der Waals surface area contributed by atoms with E-state index in [1.165, 1.54) is 22.2 Å². The Balaban J connectivity index is 0.000000751. The second-order valence-electron chi connectivity index (χ2n) is 7.35. The number of carboxylic acids is 1. The van der Waals surface area contributed by atoms with Crippen LogP contribution >= 0.6 is 11.3 Å². The van der Waals surface area contributed by atoms with Crippen molar-refractivity contribution in [1.29, 1.82) is 0 Å². The van der Waals surface area contributed by atoms with Gasteiger partial charge in [-0.05, 0) is 50.2 Å². The highest BCUT2D eigenvalue weighted by Crippen LogP contribution is 2.41. The number of benzene rings is 1. The Hall–Kier alpha value is -3.43. The standard InChI is InChI=1S/C20H19FN4O4S.C3H5N/c21-13-3-1-11(2-4-13)17-16(19-23-14(10-30-19)20(28)29)18(12-5-7-22-8-6-12)25(24-17)15(27)9-26;1-2-3-4/h1-4,10,12,22,26H,5-9H2,(H,28,29);1H,3-4H2. The van der Waals surface area contributed by atoms with Crippen LogP contribution in [-0.4, -0.2) is 63.1 Å². The summed E-state index contributed by atoms with van der Waals surface area (Å²) in [5, 5.41) is 28.4. The quantitative estimate of drug-likeness (QED) is 0.403. The lowest BCUT2D eigenvalue weighted by Crippen LogP contribution is -2.29. The number of nitrogens with one attached hydrogen (secondary N) is 1. The summed E-state index contributed by atoms with van der Waals surface area (Å²) in [6.07, 6.45) is 6.15. The molecule has 0 unspecified atom stereocenters. The molecular weight excluding hydrogens is 461 g/mol. The molecule has 0 radical (unpaired) electrons. The zero-order valence-corrected chi connectivity index (χ0v) is 19.0. The van der Waals surface area contributed by atoms with E-state index >= 15 is 0 Å². The number of thiazole rings is 1. The van der Waals surface area contributed by atoms with Gasteiger partial charge < -0.3 is 21.3 Å². The van der Waals surface area contributed by atoms with E-state index in [1.807, 2.05) is 0 Å². The first-order chi connectivity index (χ1) is 16.4. The minimum absolute atomic E-state index is 0.0318. The maximum atomic E-state index is 13.5. The van der Waals surface area contributed by atoms with Crippen LogP contribution in [0.4, 0.5) is 4.39 Å². The molecule has 0 saturated carbocycles. The molecular formula is C23H24FN5O4S. The van der Waals surface area contributed by atoms with Crippen LogP contribution < -0.4 is 11.1 Å². The second kappa shape index (κ2) is 11.6. The Morgan fingerprint density at radius 2 is 1.94 bits per heavy atom. The highest BCUT2D eigenvalue weighted by atomic mass is 32.1. The molecule has 1 aliphatic rings. The van der Waals surface area contributed by atoms with E-state index in [0.717, 1.165) is 37.3 Å². The summed E-state index contributed by atoms with van der Waals surface area (Å²) in [4.78, 5) is 28.1. The van der Waals surface area contributed by atoms with E-state index in [1.54, 1.807) is 12.1 Å². The third kappa shape index (κ3) is 5.55. The lowest BCUT2D eigenvalue weighted by Gasteiger charge is -2.24. The van der Waals surface area contributed by atoms with Crippen LogP contribution in [0.5, 0.6) is 0 Å². The lowest BCUT2D eigenvalue weighted by molar-refractivity contribution is 0.0691. The molecule has 0 bridgehead atoms. The fourth-order valence-electron chi connectivity index (χ4n) is 3.67. The van der Waals surface area contributed by atoms with Crippen molar-refractivity contribution in [1.82, 2.24) is 20.1 Å². The summed E-state index contributed by atoms with van der Waals surface area (Å²) in [7, 11) is 0. The van der Waals surface area contributed by atoms with Gasteiger partial charge in [0.15, 0.2) is 5.69 Å². The molecule has 1 saturated heterocycles. The molecule has 1 aromatic carbocycles. The molecule has 5 N–H and O–H groups in total. The Morgan fingerprint density at radius 1 is 1.29 bits per heavy atom. The van der Waals surface area contributed by atoms with E-state index in [-0.39, 0.29) is 11.6 Å². The number of terminal acetylenes is 1. The second-order valence-corrected chi connectivity index (χ2v) is 8.21. The van der Waals surface area contributed by atoms with Crippen molar-refractivity contribution >= 4 is 23.2 Å². The molecule has 0 amide bonds. The average molecular weight is 486 g/mol. The third-order valence-corrected chi connectivity index (χ3v) is 6.05. The van der Waals surface area contributed by atoms with Gasteiger partial charge in [0.1, 0.15) is 23.1 Å². The third-order valence-electron chi connectivity index (χ3n) is 5.19. The van der Waals surface area contributed by atoms with Crippen molar-refractivity contribution < 1.29 is 24.2 Å². The molecule has 178 valence electrons. The smallest absolute Gasteiger partial charge is 0.355 e. The Bertz CT molecular complexity index is 1190. The van der Waals surface area contributed by atoms with Gasteiger partial charge >= 0.3 is 5.97 Å². The van der Waals surface area contributed by atoms with Crippen LogP contribution in [0, 0.1) is 18.2 Å².